The molecule has 0 aliphatic carbocycles. The van der Waals surface area contributed by atoms with Gasteiger partial charge >= 0.3 is 0 Å². The van der Waals surface area contributed by atoms with E-state index < -0.39 is 0 Å². The molecule has 1 N–H and O–H groups in total. The zero-order chi connectivity index (χ0) is 19.2. The fraction of sp³-hybridized carbons (Fsp3) is 0.900. The average Bonchev–Trinajstić information content (AvgIpc) is 3.40. The van der Waals surface area contributed by atoms with Gasteiger partial charge in [-0.25, -0.2) is 0 Å². The van der Waals surface area contributed by atoms with Gasteiger partial charge < -0.3 is 20.0 Å². The van der Waals surface area contributed by atoms with Crippen LogP contribution in [0.25, 0.3) is 0 Å². The van der Waals surface area contributed by atoms with E-state index in [1.165, 1.54) is 19.5 Å². The minimum Gasteiger partial charge on any atom is -0.356 e. The number of hydrogen-bond donors (Lipinski definition) is 1. The third-order valence-corrected chi connectivity index (χ3v) is 6.51. The van der Waals surface area contributed by atoms with Gasteiger partial charge in [-0.1, -0.05) is 6.92 Å². The lowest BCUT2D eigenvalue weighted by atomic mass is 10.1. The summed E-state index contributed by atoms with van der Waals surface area (Å²) in [5.74, 6) is 2.05. The normalized spacial score (nSPS) is 26.6. The molecule has 154 valence electrons. The van der Waals surface area contributed by atoms with Crippen molar-refractivity contribution in [2.24, 2.45) is 10.9 Å². The van der Waals surface area contributed by atoms with Gasteiger partial charge in [0.15, 0.2) is 5.96 Å². The monoisotopic (exact) mass is 378 g/mol. The fourth-order valence-corrected chi connectivity index (χ4v) is 4.61. The molecule has 3 fully saturated rings. The summed E-state index contributed by atoms with van der Waals surface area (Å²) in [7, 11) is 1.88. The number of hydrogen-bond acceptors (Lipinski definition) is 4. The molecule has 27 heavy (non-hydrogen) atoms. The highest BCUT2D eigenvalue weighted by Crippen LogP contribution is 2.16. The van der Waals surface area contributed by atoms with Gasteiger partial charge in [-0.3, -0.25) is 14.7 Å². The van der Waals surface area contributed by atoms with Gasteiger partial charge in [0.1, 0.15) is 0 Å². The first-order chi connectivity index (χ1) is 13.1. The van der Waals surface area contributed by atoms with Crippen LogP contribution >= 0.6 is 0 Å². The van der Waals surface area contributed by atoms with Crippen molar-refractivity contribution in [3.8, 4) is 0 Å². The van der Waals surface area contributed by atoms with Crippen molar-refractivity contribution < 1.29 is 4.79 Å². The maximum atomic E-state index is 12.6. The fourth-order valence-electron chi connectivity index (χ4n) is 4.61. The molecule has 2 atom stereocenters. The number of piperazine rings is 1. The number of carbonyl (C=O) groups is 1. The van der Waals surface area contributed by atoms with Crippen LogP contribution < -0.4 is 5.32 Å². The smallest absolute Gasteiger partial charge is 0.239 e. The van der Waals surface area contributed by atoms with Crippen molar-refractivity contribution in [1.82, 2.24) is 24.9 Å². The number of nitrogens with zero attached hydrogens (tertiary/aromatic N) is 5. The highest BCUT2D eigenvalue weighted by Gasteiger charge is 2.30. The number of nitrogens with one attached hydrogen (secondary N) is 1. The van der Waals surface area contributed by atoms with E-state index in [1.807, 2.05) is 11.9 Å². The van der Waals surface area contributed by atoms with Crippen molar-refractivity contribution in [2.75, 3.05) is 72.5 Å². The van der Waals surface area contributed by atoms with Crippen LogP contribution in [0.4, 0.5) is 0 Å². The van der Waals surface area contributed by atoms with Crippen LogP contribution in [0.3, 0.4) is 0 Å². The minimum atomic E-state index is -0.00117. The Balaban J connectivity index is 1.42. The molecule has 0 saturated carbocycles. The third kappa shape index (κ3) is 5.13. The van der Waals surface area contributed by atoms with Crippen molar-refractivity contribution in [1.29, 1.82) is 0 Å². The van der Waals surface area contributed by atoms with Gasteiger partial charge in [-0.15, -0.1) is 0 Å². The molecule has 3 aliphatic rings. The molecule has 3 rings (SSSR count). The van der Waals surface area contributed by atoms with Crippen LogP contribution in [0, 0.1) is 5.92 Å². The van der Waals surface area contributed by atoms with Crippen molar-refractivity contribution in [2.45, 2.75) is 39.2 Å². The summed E-state index contributed by atoms with van der Waals surface area (Å²) in [6.07, 6.45) is 3.60. The Bertz CT molecular complexity index is 511. The molecule has 7 nitrogen and oxygen atoms in total. The lowest BCUT2D eigenvalue weighted by Crippen LogP contribution is -2.57. The predicted molar refractivity (Wildman–Crippen MR) is 110 cm³/mol. The van der Waals surface area contributed by atoms with Crippen LogP contribution in [-0.2, 0) is 4.79 Å². The molecular formula is C20H38N6O. The van der Waals surface area contributed by atoms with Crippen LogP contribution in [0.1, 0.15) is 33.1 Å². The van der Waals surface area contributed by atoms with E-state index in [-0.39, 0.29) is 6.04 Å². The van der Waals surface area contributed by atoms with E-state index in [1.54, 1.807) is 0 Å². The van der Waals surface area contributed by atoms with Crippen molar-refractivity contribution in [3.63, 3.8) is 0 Å². The SMILES string of the molecule is CCN1CCC(CNC(=NC)N2CCN(C(C)C(=O)N3CCCC3)CC2)C1. The summed E-state index contributed by atoms with van der Waals surface area (Å²) in [6, 6.07) is -0.00117. The van der Waals surface area contributed by atoms with E-state index in [2.05, 4.69) is 38.9 Å². The summed E-state index contributed by atoms with van der Waals surface area (Å²) >= 11 is 0. The number of aliphatic imine (C=N–C) groups is 1. The molecule has 1 amide bonds. The van der Waals surface area contributed by atoms with Gasteiger partial charge in [0.25, 0.3) is 0 Å². The Kier molecular flexibility index (Phi) is 7.35. The van der Waals surface area contributed by atoms with Gasteiger partial charge in [-0.2, -0.15) is 0 Å². The van der Waals surface area contributed by atoms with E-state index >= 15 is 0 Å². The van der Waals surface area contributed by atoms with Crippen molar-refractivity contribution >= 4 is 11.9 Å². The Hall–Kier alpha value is -1.34. The second-order valence-electron chi connectivity index (χ2n) is 8.21. The Morgan fingerprint density at radius 3 is 2.37 bits per heavy atom. The number of rotatable bonds is 5. The maximum Gasteiger partial charge on any atom is 0.239 e. The van der Waals surface area contributed by atoms with Gasteiger partial charge in [0, 0.05) is 59.4 Å². The zero-order valence-electron chi connectivity index (χ0n) is 17.5. The first-order valence-electron chi connectivity index (χ1n) is 10.8. The Morgan fingerprint density at radius 2 is 1.78 bits per heavy atom. The van der Waals surface area contributed by atoms with Crippen LogP contribution in [0.5, 0.6) is 0 Å². The topological polar surface area (TPSA) is 54.4 Å². The first-order valence-corrected chi connectivity index (χ1v) is 10.8. The zero-order valence-corrected chi connectivity index (χ0v) is 17.5. The van der Waals surface area contributed by atoms with Crippen molar-refractivity contribution in [3.05, 3.63) is 0 Å². The molecule has 0 aromatic rings. The molecule has 7 heteroatoms. The molecule has 0 radical (unpaired) electrons. The summed E-state index contributed by atoms with van der Waals surface area (Å²) in [5, 5.41) is 3.59. The van der Waals surface area contributed by atoms with E-state index in [4.69, 9.17) is 0 Å². The van der Waals surface area contributed by atoms with Crippen LogP contribution in [-0.4, -0.2) is 110 Å². The molecule has 3 saturated heterocycles. The lowest BCUT2D eigenvalue weighted by Gasteiger charge is -2.39. The summed E-state index contributed by atoms with van der Waals surface area (Å²) < 4.78 is 0. The second-order valence-corrected chi connectivity index (χ2v) is 8.21. The third-order valence-electron chi connectivity index (χ3n) is 6.51. The molecule has 0 aromatic carbocycles. The molecule has 3 aliphatic heterocycles. The highest BCUT2D eigenvalue weighted by atomic mass is 16.2. The van der Waals surface area contributed by atoms with Crippen LogP contribution in [0.15, 0.2) is 4.99 Å². The first kappa shape index (κ1) is 20.4. The lowest BCUT2D eigenvalue weighted by molar-refractivity contribution is -0.135. The molecule has 0 aromatic heterocycles. The molecule has 3 heterocycles. The van der Waals surface area contributed by atoms with E-state index in [0.717, 1.165) is 77.1 Å². The van der Waals surface area contributed by atoms with Gasteiger partial charge in [0.2, 0.25) is 5.91 Å². The van der Waals surface area contributed by atoms with E-state index in [0.29, 0.717) is 5.91 Å². The van der Waals surface area contributed by atoms with E-state index in [9.17, 15) is 4.79 Å². The average molecular weight is 379 g/mol. The molecule has 0 bridgehead atoms. The number of guanidine groups is 1. The largest absolute Gasteiger partial charge is 0.356 e. The summed E-state index contributed by atoms with van der Waals surface area (Å²) in [5.41, 5.74) is 0. The quantitative estimate of drug-likeness (QED) is 0.559. The van der Waals surface area contributed by atoms with Gasteiger partial charge in [-0.05, 0) is 45.2 Å². The predicted octanol–water partition coefficient (Wildman–Crippen LogP) is 0.532. The highest BCUT2D eigenvalue weighted by molar-refractivity contribution is 5.82. The minimum absolute atomic E-state index is 0.00117. The second kappa shape index (κ2) is 9.73. The number of carbonyl (C=O) groups excluding carboxylic acids is 1. The summed E-state index contributed by atoms with van der Waals surface area (Å²) in [6.45, 7) is 14.5. The maximum absolute atomic E-state index is 12.6. The van der Waals surface area contributed by atoms with Gasteiger partial charge in [0.05, 0.1) is 6.04 Å². The standard InChI is InChI=1S/C20H38N6O/c1-4-23-10-7-18(16-23)15-22-20(21-3)26-13-11-24(12-14-26)17(2)19(27)25-8-5-6-9-25/h17-18H,4-16H2,1-3H3,(H,21,22). The number of amides is 1. The van der Waals surface area contributed by atoms with Crippen LogP contribution in [0.2, 0.25) is 0 Å². The molecular weight excluding hydrogens is 340 g/mol. The molecule has 2 unspecified atom stereocenters. The number of likely N-dealkylation sites (tertiary alicyclic amines) is 2. The Morgan fingerprint density at radius 1 is 1.07 bits per heavy atom. The molecule has 0 spiro atoms. The summed E-state index contributed by atoms with van der Waals surface area (Å²) in [4.78, 5) is 26.4. The Labute approximate surface area is 164 Å².